The average molecular weight is 377 g/mol. The minimum Gasteiger partial charge on any atom is -0.496 e. The summed E-state index contributed by atoms with van der Waals surface area (Å²) in [7, 11) is 3.53. The minimum absolute atomic E-state index is 0.0618. The molecule has 1 N–H and O–H groups in total. The third-order valence-electron chi connectivity index (χ3n) is 4.70. The number of nitrogens with one attached hydrogen (secondary N) is 1. The van der Waals surface area contributed by atoms with Gasteiger partial charge in [-0.25, -0.2) is 4.68 Å². The molecule has 7 heteroatoms. The van der Waals surface area contributed by atoms with Crippen LogP contribution in [-0.4, -0.2) is 41.3 Å². The van der Waals surface area contributed by atoms with Crippen molar-refractivity contribution < 1.29 is 9.53 Å². The number of hydrogen-bond acceptors (Lipinski definition) is 4. The summed E-state index contributed by atoms with van der Waals surface area (Å²) in [5.74, 6) is 1.48. The van der Waals surface area contributed by atoms with E-state index in [1.54, 1.807) is 19.4 Å². The summed E-state index contributed by atoms with van der Waals surface area (Å²) < 4.78 is 7.32. The number of carbonyl (C=O) groups is 1. The molecular weight excluding hydrogens is 352 g/mol. The number of anilines is 1. The summed E-state index contributed by atoms with van der Waals surface area (Å²) >= 11 is 6.07. The highest BCUT2D eigenvalue weighted by atomic mass is 35.5. The summed E-state index contributed by atoms with van der Waals surface area (Å²) in [5.41, 5.74) is 0.950. The van der Waals surface area contributed by atoms with Gasteiger partial charge in [-0.3, -0.25) is 9.69 Å². The molecule has 0 unspecified atom stereocenters. The molecule has 0 aliphatic heterocycles. The van der Waals surface area contributed by atoms with E-state index in [0.29, 0.717) is 17.6 Å². The molecule has 0 saturated heterocycles. The summed E-state index contributed by atoms with van der Waals surface area (Å²) in [6.07, 6.45) is 6.44. The average Bonchev–Trinajstić information content (AvgIpc) is 3.25. The maximum atomic E-state index is 12.4. The molecule has 3 rings (SSSR count). The number of aromatic nitrogens is 2. The molecule has 6 nitrogen and oxygen atoms in total. The second-order valence-electron chi connectivity index (χ2n) is 6.78. The van der Waals surface area contributed by atoms with Crippen molar-refractivity contribution >= 4 is 23.3 Å². The zero-order valence-corrected chi connectivity index (χ0v) is 16.0. The summed E-state index contributed by atoms with van der Waals surface area (Å²) in [6, 6.07) is 7.75. The van der Waals surface area contributed by atoms with E-state index in [9.17, 15) is 4.79 Å². The highest BCUT2D eigenvalue weighted by Crippen LogP contribution is 2.31. The van der Waals surface area contributed by atoms with Crippen LogP contribution in [0.2, 0.25) is 5.02 Å². The van der Waals surface area contributed by atoms with Crippen LogP contribution in [0.1, 0.15) is 37.3 Å². The number of likely N-dealkylation sites (N-methyl/N-ethyl adjacent to an activating group) is 1. The summed E-state index contributed by atoms with van der Waals surface area (Å²) in [6.45, 7) is 0.838. The highest BCUT2D eigenvalue weighted by molar-refractivity contribution is 6.30. The lowest BCUT2D eigenvalue weighted by Crippen LogP contribution is -2.30. The van der Waals surface area contributed by atoms with Gasteiger partial charge in [-0.05, 0) is 38.1 Å². The van der Waals surface area contributed by atoms with Gasteiger partial charge >= 0.3 is 0 Å². The maximum absolute atomic E-state index is 12.4. The Bertz CT molecular complexity index is 756. The molecule has 0 atom stereocenters. The van der Waals surface area contributed by atoms with Gasteiger partial charge in [0.15, 0.2) is 0 Å². The standard InChI is InChI=1S/C19H25ClN4O2/c1-23(12-14-11-15(20)7-8-17(14)26-2)13-19(25)22-18-9-10-21-24(18)16-5-3-4-6-16/h7-11,16H,3-6,12-13H2,1-2H3,(H,22,25). The van der Waals surface area contributed by atoms with Crippen molar-refractivity contribution in [3.8, 4) is 5.75 Å². The van der Waals surface area contributed by atoms with Crippen molar-refractivity contribution in [3.05, 3.63) is 41.0 Å². The van der Waals surface area contributed by atoms with Gasteiger partial charge < -0.3 is 10.1 Å². The van der Waals surface area contributed by atoms with Gasteiger partial charge in [-0.1, -0.05) is 24.4 Å². The number of amides is 1. The van der Waals surface area contributed by atoms with Crippen molar-refractivity contribution in [2.75, 3.05) is 26.0 Å². The number of ether oxygens (including phenoxy) is 1. The third kappa shape index (κ3) is 4.56. The van der Waals surface area contributed by atoms with E-state index in [-0.39, 0.29) is 12.5 Å². The molecule has 26 heavy (non-hydrogen) atoms. The molecule has 1 aliphatic carbocycles. The fourth-order valence-corrected chi connectivity index (χ4v) is 3.69. The van der Waals surface area contributed by atoms with E-state index in [1.807, 2.05) is 34.8 Å². The van der Waals surface area contributed by atoms with Crippen LogP contribution < -0.4 is 10.1 Å². The largest absolute Gasteiger partial charge is 0.496 e. The predicted octanol–water partition coefficient (Wildman–Crippen LogP) is 3.73. The molecule has 1 aliphatic rings. The van der Waals surface area contributed by atoms with Crippen LogP contribution >= 0.6 is 11.6 Å². The van der Waals surface area contributed by atoms with Crippen LogP contribution in [0.5, 0.6) is 5.75 Å². The Morgan fingerprint density at radius 1 is 1.38 bits per heavy atom. The third-order valence-corrected chi connectivity index (χ3v) is 4.94. The lowest BCUT2D eigenvalue weighted by Gasteiger charge is -2.19. The quantitative estimate of drug-likeness (QED) is 0.799. The van der Waals surface area contributed by atoms with Gasteiger partial charge in [0.05, 0.1) is 25.9 Å². The molecule has 0 spiro atoms. The Morgan fingerprint density at radius 3 is 2.88 bits per heavy atom. The normalized spacial score (nSPS) is 14.8. The molecule has 140 valence electrons. The zero-order valence-electron chi connectivity index (χ0n) is 15.2. The Balaban J connectivity index is 1.58. The Morgan fingerprint density at radius 2 is 2.15 bits per heavy atom. The molecule has 1 aromatic heterocycles. The number of benzene rings is 1. The lowest BCUT2D eigenvalue weighted by atomic mass is 10.2. The van der Waals surface area contributed by atoms with Crippen molar-refractivity contribution in [1.29, 1.82) is 0 Å². The van der Waals surface area contributed by atoms with Gasteiger partial charge in [0.25, 0.3) is 0 Å². The fraction of sp³-hybridized carbons (Fsp3) is 0.474. The van der Waals surface area contributed by atoms with Crippen LogP contribution in [0.3, 0.4) is 0 Å². The van der Waals surface area contributed by atoms with Crippen molar-refractivity contribution in [2.24, 2.45) is 0 Å². The van der Waals surface area contributed by atoms with E-state index in [1.165, 1.54) is 12.8 Å². The Hall–Kier alpha value is -2.05. The second kappa shape index (κ2) is 8.56. The van der Waals surface area contributed by atoms with Crippen LogP contribution in [0, 0.1) is 0 Å². The molecule has 0 bridgehead atoms. The van der Waals surface area contributed by atoms with Gasteiger partial charge in [-0.2, -0.15) is 5.10 Å². The number of methoxy groups -OCH3 is 1. The Kier molecular flexibility index (Phi) is 6.16. The molecule has 0 radical (unpaired) electrons. The molecular formula is C19H25ClN4O2. The van der Waals surface area contributed by atoms with Crippen LogP contribution in [-0.2, 0) is 11.3 Å². The number of carbonyl (C=O) groups excluding carboxylic acids is 1. The molecule has 1 heterocycles. The molecule has 2 aromatic rings. The fourth-order valence-electron chi connectivity index (χ4n) is 3.50. The second-order valence-corrected chi connectivity index (χ2v) is 7.21. The predicted molar refractivity (Wildman–Crippen MR) is 103 cm³/mol. The first-order valence-corrected chi connectivity index (χ1v) is 9.29. The van der Waals surface area contributed by atoms with E-state index >= 15 is 0 Å². The lowest BCUT2D eigenvalue weighted by molar-refractivity contribution is -0.117. The number of nitrogens with zero attached hydrogens (tertiary/aromatic N) is 3. The number of halogens is 1. The van der Waals surface area contributed by atoms with Crippen LogP contribution in [0.15, 0.2) is 30.5 Å². The molecule has 1 aromatic carbocycles. The summed E-state index contributed by atoms with van der Waals surface area (Å²) in [4.78, 5) is 14.4. The first-order valence-electron chi connectivity index (χ1n) is 8.91. The maximum Gasteiger partial charge on any atom is 0.239 e. The van der Waals surface area contributed by atoms with Crippen LogP contribution in [0.4, 0.5) is 5.82 Å². The van der Waals surface area contributed by atoms with Crippen molar-refractivity contribution in [3.63, 3.8) is 0 Å². The van der Waals surface area contributed by atoms with E-state index < -0.39 is 0 Å². The van der Waals surface area contributed by atoms with Gasteiger partial charge in [-0.15, -0.1) is 0 Å². The topological polar surface area (TPSA) is 59.4 Å². The van der Waals surface area contributed by atoms with Gasteiger partial charge in [0.1, 0.15) is 11.6 Å². The number of rotatable bonds is 7. The monoisotopic (exact) mass is 376 g/mol. The van der Waals surface area contributed by atoms with E-state index in [0.717, 1.165) is 30.0 Å². The molecule has 1 saturated carbocycles. The first-order chi connectivity index (χ1) is 12.6. The first kappa shape index (κ1) is 18.7. The number of hydrogen-bond donors (Lipinski definition) is 1. The minimum atomic E-state index is -0.0618. The van der Waals surface area contributed by atoms with Gasteiger partial charge in [0.2, 0.25) is 5.91 Å². The van der Waals surface area contributed by atoms with Gasteiger partial charge in [0, 0.05) is 23.2 Å². The van der Waals surface area contributed by atoms with E-state index in [2.05, 4.69) is 10.4 Å². The molecule has 1 fully saturated rings. The molecule has 1 amide bonds. The SMILES string of the molecule is COc1ccc(Cl)cc1CN(C)CC(=O)Nc1ccnn1C1CCCC1. The van der Waals surface area contributed by atoms with Crippen LogP contribution in [0.25, 0.3) is 0 Å². The van der Waals surface area contributed by atoms with Crippen molar-refractivity contribution in [1.82, 2.24) is 14.7 Å². The smallest absolute Gasteiger partial charge is 0.239 e. The van der Waals surface area contributed by atoms with E-state index in [4.69, 9.17) is 16.3 Å². The Labute approximate surface area is 159 Å². The summed E-state index contributed by atoms with van der Waals surface area (Å²) in [5, 5.41) is 8.03. The van der Waals surface area contributed by atoms with Crippen molar-refractivity contribution in [2.45, 2.75) is 38.3 Å². The highest BCUT2D eigenvalue weighted by Gasteiger charge is 2.20. The zero-order chi connectivity index (χ0) is 18.5.